The van der Waals surface area contributed by atoms with E-state index in [4.69, 9.17) is 0 Å². The van der Waals surface area contributed by atoms with Crippen LogP contribution in [0, 0.1) is 10.1 Å². The van der Waals surface area contributed by atoms with Crippen molar-refractivity contribution in [2.75, 3.05) is 24.4 Å². The molecule has 1 rings (SSSR count). The molecule has 1 aromatic rings. The van der Waals surface area contributed by atoms with E-state index in [2.05, 4.69) is 10.6 Å². The number of nitro groups is 1. The highest BCUT2D eigenvalue weighted by atomic mass is 32.2. The lowest BCUT2D eigenvalue weighted by Crippen LogP contribution is -2.34. The average Bonchev–Trinajstić information content (AvgIpc) is 2.37. The van der Waals surface area contributed by atoms with Crippen LogP contribution in [0.25, 0.3) is 0 Å². The van der Waals surface area contributed by atoms with E-state index in [0.29, 0.717) is 5.69 Å². The second kappa shape index (κ2) is 6.98. The summed E-state index contributed by atoms with van der Waals surface area (Å²) < 4.78 is 0. The maximum atomic E-state index is 12.1. The number of rotatable bonds is 6. The molecule has 6 nitrogen and oxygen atoms in total. The average molecular weight is 283 g/mol. The van der Waals surface area contributed by atoms with Gasteiger partial charge in [0.25, 0.3) is 11.6 Å². The van der Waals surface area contributed by atoms with Crippen molar-refractivity contribution in [1.82, 2.24) is 5.32 Å². The Hall–Kier alpha value is -1.76. The highest BCUT2D eigenvalue weighted by Gasteiger charge is 2.17. The van der Waals surface area contributed by atoms with Crippen LogP contribution in [0.2, 0.25) is 0 Å². The van der Waals surface area contributed by atoms with E-state index < -0.39 is 4.92 Å². The lowest BCUT2D eigenvalue weighted by atomic mass is 10.1. The van der Waals surface area contributed by atoms with Crippen molar-refractivity contribution in [3.63, 3.8) is 0 Å². The molecule has 1 atom stereocenters. The molecule has 0 aliphatic heterocycles. The lowest BCUT2D eigenvalue weighted by Gasteiger charge is -2.14. The molecular weight excluding hydrogens is 266 g/mol. The first-order chi connectivity index (χ1) is 8.99. The van der Waals surface area contributed by atoms with Gasteiger partial charge < -0.3 is 10.6 Å². The van der Waals surface area contributed by atoms with Crippen LogP contribution in [0.4, 0.5) is 11.4 Å². The zero-order chi connectivity index (χ0) is 14.4. The number of carbonyl (C=O) groups is 1. The van der Waals surface area contributed by atoms with Gasteiger partial charge in [-0.3, -0.25) is 14.9 Å². The van der Waals surface area contributed by atoms with Crippen molar-refractivity contribution in [2.24, 2.45) is 0 Å². The van der Waals surface area contributed by atoms with Gasteiger partial charge in [0.1, 0.15) is 0 Å². The molecular formula is C12H17N3O3S. The van der Waals surface area contributed by atoms with Gasteiger partial charge in [-0.25, -0.2) is 0 Å². The zero-order valence-electron chi connectivity index (χ0n) is 11.1. The van der Waals surface area contributed by atoms with Crippen molar-refractivity contribution < 1.29 is 9.72 Å². The van der Waals surface area contributed by atoms with Gasteiger partial charge in [0, 0.05) is 36.7 Å². The minimum atomic E-state index is -0.512. The van der Waals surface area contributed by atoms with Crippen molar-refractivity contribution in [1.29, 1.82) is 0 Å². The van der Waals surface area contributed by atoms with E-state index in [0.717, 1.165) is 5.75 Å². The summed E-state index contributed by atoms with van der Waals surface area (Å²) >= 11 is 1.63. The third kappa shape index (κ3) is 4.13. The van der Waals surface area contributed by atoms with E-state index in [1.807, 2.05) is 13.2 Å². The quantitative estimate of drug-likeness (QED) is 0.617. The fraction of sp³-hybridized carbons (Fsp3) is 0.417. The Morgan fingerprint density at radius 3 is 2.74 bits per heavy atom. The largest absolute Gasteiger partial charge is 0.387 e. The SMILES string of the molecule is CNc1ccc([N+](=O)[O-])cc1C(=O)NC(C)CSC. The number of nitro benzene ring substituents is 1. The van der Waals surface area contributed by atoms with Crippen molar-refractivity contribution >= 4 is 29.0 Å². The van der Waals surface area contributed by atoms with E-state index in [9.17, 15) is 14.9 Å². The number of hydrogen-bond acceptors (Lipinski definition) is 5. The van der Waals surface area contributed by atoms with Gasteiger partial charge in [0.15, 0.2) is 0 Å². The Labute approximate surface area is 116 Å². The Bertz CT molecular complexity index is 479. The van der Waals surface area contributed by atoms with Crippen LogP contribution in [0.15, 0.2) is 18.2 Å². The molecule has 1 aromatic carbocycles. The molecule has 0 spiro atoms. The predicted octanol–water partition coefficient (Wildman–Crippen LogP) is 2.12. The molecule has 0 saturated heterocycles. The van der Waals surface area contributed by atoms with Crippen molar-refractivity contribution in [2.45, 2.75) is 13.0 Å². The lowest BCUT2D eigenvalue weighted by molar-refractivity contribution is -0.384. The van der Waals surface area contributed by atoms with Gasteiger partial charge in [0.2, 0.25) is 0 Å². The molecule has 0 aliphatic rings. The fourth-order valence-electron chi connectivity index (χ4n) is 1.64. The van der Waals surface area contributed by atoms with Crippen LogP contribution in [-0.2, 0) is 0 Å². The minimum absolute atomic E-state index is 0.00599. The maximum Gasteiger partial charge on any atom is 0.270 e. The number of nitrogens with one attached hydrogen (secondary N) is 2. The zero-order valence-corrected chi connectivity index (χ0v) is 11.9. The van der Waals surface area contributed by atoms with Crippen LogP contribution in [0.1, 0.15) is 17.3 Å². The van der Waals surface area contributed by atoms with Gasteiger partial charge in [-0.05, 0) is 19.2 Å². The van der Waals surface area contributed by atoms with Crippen LogP contribution in [-0.4, -0.2) is 35.9 Å². The first-order valence-electron chi connectivity index (χ1n) is 5.75. The standard InChI is InChI=1S/C12H17N3O3S/c1-8(7-19-3)14-12(16)10-6-9(15(17)18)4-5-11(10)13-2/h4-6,8,13H,7H2,1-3H3,(H,14,16). The van der Waals surface area contributed by atoms with Gasteiger partial charge in [0.05, 0.1) is 10.5 Å². The van der Waals surface area contributed by atoms with E-state index in [1.165, 1.54) is 18.2 Å². The summed E-state index contributed by atoms with van der Waals surface area (Å²) in [6.07, 6.45) is 1.95. The molecule has 7 heteroatoms. The first-order valence-corrected chi connectivity index (χ1v) is 7.15. The van der Waals surface area contributed by atoms with Gasteiger partial charge in [-0.2, -0.15) is 11.8 Å². The molecule has 0 bridgehead atoms. The number of thioether (sulfide) groups is 1. The summed E-state index contributed by atoms with van der Waals surface area (Å²) in [5.41, 5.74) is 0.755. The van der Waals surface area contributed by atoms with E-state index >= 15 is 0 Å². The van der Waals surface area contributed by atoms with Crippen LogP contribution >= 0.6 is 11.8 Å². The second-order valence-electron chi connectivity index (χ2n) is 4.07. The molecule has 1 amide bonds. The Morgan fingerprint density at radius 2 is 2.21 bits per heavy atom. The first kappa shape index (κ1) is 15.3. The molecule has 0 heterocycles. The molecule has 0 aromatic heterocycles. The normalized spacial score (nSPS) is 11.7. The second-order valence-corrected chi connectivity index (χ2v) is 4.98. The maximum absolute atomic E-state index is 12.1. The number of non-ortho nitro benzene ring substituents is 1. The van der Waals surface area contributed by atoms with E-state index in [1.54, 1.807) is 18.8 Å². The molecule has 19 heavy (non-hydrogen) atoms. The van der Waals surface area contributed by atoms with Gasteiger partial charge in [-0.15, -0.1) is 0 Å². The molecule has 1 unspecified atom stereocenters. The highest BCUT2D eigenvalue weighted by Crippen LogP contribution is 2.21. The minimum Gasteiger partial charge on any atom is -0.387 e. The number of benzene rings is 1. The number of carbonyl (C=O) groups excluding carboxylic acids is 1. The Balaban J connectivity index is 2.99. The fourth-order valence-corrected chi connectivity index (χ4v) is 2.23. The molecule has 0 aliphatic carbocycles. The summed E-state index contributed by atoms with van der Waals surface area (Å²) in [5.74, 6) is 0.477. The molecule has 0 fully saturated rings. The van der Waals surface area contributed by atoms with Crippen LogP contribution in [0.3, 0.4) is 0 Å². The topological polar surface area (TPSA) is 84.3 Å². The van der Waals surface area contributed by atoms with Crippen LogP contribution in [0.5, 0.6) is 0 Å². The van der Waals surface area contributed by atoms with Crippen molar-refractivity contribution in [3.05, 3.63) is 33.9 Å². The summed E-state index contributed by atoms with van der Waals surface area (Å²) in [6.45, 7) is 1.89. The van der Waals surface area contributed by atoms with E-state index in [-0.39, 0.29) is 23.2 Å². The number of amides is 1. The highest BCUT2D eigenvalue weighted by molar-refractivity contribution is 7.98. The molecule has 0 saturated carbocycles. The van der Waals surface area contributed by atoms with Gasteiger partial charge >= 0.3 is 0 Å². The summed E-state index contributed by atoms with van der Waals surface area (Å²) in [6, 6.07) is 4.19. The number of hydrogen-bond donors (Lipinski definition) is 2. The number of anilines is 1. The monoisotopic (exact) mass is 283 g/mol. The third-order valence-electron chi connectivity index (χ3n) is 2.52. The Kier molecular flexibility index (Phi) is 5.62. The van der Waals surface area contributed by atoms with Crippen LogP contribution < -0.4 is 10.6 Å². The Morgan fingerprint density at radius 1 is 1.53 bits per heavy atom. The molecule has 2 N–H and O–H groups in total. The summed E-state index contributed by atoms with van der Waals surface area (Å²) in [7, 11) is 1.67. The molecule has 0 radical (unpaired) electrons. The smallest absolute Gasteiger partial charge is 0.270 e. The predicted molar refractivity (Wildman–Crippen MR) is 78.0 cm³/mol. The van der Waals surface area contributed by atoms with Crippen molar-refractivity contribution in [3.8, 4) is 0 Å². The summed E-state index contributed by atoms with van der Waals surface area (Å²) in [5, 5.41) is 16.4. The van der Waals surface area contributed by atoms with Gasteiger partial charge in [-0.1, -0.05) is 0 Å². The molecule has 104 valence electrons. The summed E-state index contributed by atoms with van der Waals surface area (Å²) in [4.78, 5) is 22.3. The number of nitrogens with zero attached hydrogens (tertiary/aromatic N) is 1. The third-order valence-corrected chi connectivity index (χ3v) is 3.36.